The zero-order valence-corrected chi connectivity index (χ0v) is 12.9. The number of aromatic carboxylic acids is 1. The van der Waals surface area contributed by atoms with E-state index in [9.17, 15) is 13.2 Å². The summed E-state index contributed by atoms with van der Waals surface area (Å²) in [7, 11) is -3.69. The fourth-order valence-corrected chi connectivity index (χ4v) is 4.21. The van der Waals surface area contributed by atoms with Crippen LogP contribution in [0.3, 0.4) is 0 Å². The zero-order chi connectivity index (χ0) is 15.5. The summed E-state index contributed by atoms with van der Waals surface area (Å²) in [5.41, 5.74) is -0.0244. The van der Waals surface area contributed by atoms with Crippen LogP contribution in [-0.4, -0.2) is 25.5 Å². The van der Waals surface area contributed by atoms with Crippen molar-refractivity contribution in [3.8, 4) is 0 Å². The average Bonchev–Trinajstić information content (AvgIpc) is 3.07. The summed E-state index contributed by atoms with van der Waals surface area (Å²) in [6, 6.07) is 4.49. The van der Waals surface area contributed by atoms with Crippen LogP contribution in [0.2, 0.25) is 0 Å². The van der Waals surface area contributed by atoms with Crippen LogP contribution in [0.25, 0.3) is 0 Å². The third-order valence-corrected chi connectivity index (χ3v) is 5.88. The van der Waals surface area contributed by atoms with Gasteiger partial charge >= 0.3 is 5.97 Å². The molecule has 2 aromatic heterocycles. The van der Waals surface area contributed by atoms with Gasteiger partial charge in [0.25, 0.3) is 0 Å². The Morgan fingerprint density at radius 3 is 2.86 bits per heavy atom. The van der Waals surface area contributed by atoms with Gasteiger partial charge in [0.1, 0.15) is 9.97 Å². The maximum Gasteiger partial charge on any atom is 0.336 e. The summed E-state index contributed by atoms with van der Waals surface area (Å²) >= 11 is 0.893. The Hall–Kier alpha value is -1.64. The van der Waals surface area contributed by atoms with Gasteiger partial charge in [-0.1, -0.05) is 0 Å². The normalized spacial score (nSPS) is 13.2. The fourth-order valence-electron chi connectivity index (χ4n) is 1.77. The number of rotatable bonds is 7. The second-order valence-electron chi connectivity index (χ2n) is 4.60. The predicted molar refractivity (Wildman–Crippen MR) is 78.1 cm³/mol. The molecule has 2 N–H and O–H groups in total. The van der Waals surface area contributed by atoms with Crippen LogP contribution in [0.15, 0.2) is 38.5 Å². The van der Waals surface area contributed by atoms with E-state index >= 15 is 0 Å². The first-order valence-corrected chi connectivity index (χ1v) is 8.61. The summed E-state index contributed by atoms with van der Waals surface area (Å²) in [5.74, 6) is -0.344. The lowest BCUT2D eigenvalue weighted by atomic mass is 10.2. The molecule has 2 heterocycles. The van der Waals surface area contributed by atoms with E-state index in [0.29, 0.717) is 12.8 Å². The second kappa shape index (κ2) is 6.42. The molecule has 114 valence electrons. The van der Waals surface area contributed by atoms with Crippen LogP contribution < -0.4 is 4.72 Å². The summed E-state index contributed by atoms with van der Waals surface area (Å²) in [6.07, 6.45) is 2.79. The van der Waals surface area contributed by atoms with Gasteiger partial charge in [-0.3, -0.25) is 0 Å². The molecule has 0 aliphatic carbocycles. The van der Waals surface area contributed by atoms with Gasteiger partial charge in [0, 0.05) is 17.8 Å². The molecule has 0 saturated carbocycles. The highest BCUT2D eigenvalue weighted by Gasteiger charge is 2.21. The minimum Gasteiger partial charge on any atom is -0.478 e. The summed E-state index contributed by atoms with van der Waals surface area (Å²) in [4.78, 5) is 10.8. The van der Waals surface area contributed by atoms with Crippen LogP contribution in [0.5, 0.6) is 0 Å². The molecule has 0 amide bonds. The van der Waals surface area contributed by atoms with Crippen molar-refractivity contribution in [1.82, 2.24) is 4.72 Å². The lowest BCUT2D eigenvalue weighted by Crippen LogP contribution is -2.32. The fraction of sp³-hybridized carbons (Fsp3) is 0.308. The van der Waals surface area contributed by atoms with E-state index < -0.39 is 16.0 Å². The number of aryl methyl sites for hydroxylation is 1. The molecule has 6 nitrogen and oxygen atoms in total. The number of hydrogen-bond donors (Lipinski definition) is 2. The largest absolute Gasteiger partial charge is 0.478 e. The molecular formula is C13H15NO5S2. The van der Waals surface area contributed by atoms with E-state index in [-0.39, 0.29) is 15.8 Å². The van der Waals surface area contributed by atoms with Crippen molar-refractivity contribution < 1.29 is 22.7 Å². The molecule has 8 heteroatoms. The van der Waals surface area contributed by atoms with E-state index in [1.165, 1.54) is 5.38 Å². The zero-order valence-electron chi connectivity index (χ0n) is 11.3. The number of sulfonamides is 1. The third kappa shape index (κ3) is 4.16. The first kappa shape index (κ1) is 15.7. The molecule has 21 heavy (non-hydrogen) atoms. The van der Waals surface area contributed by atoms with Gasteiger partial charge in [-0.15, -0.1) is 11.3 Å². The summed E-state index contributed by atoms with van der Waals surface area (Å²) in [6.45, 7) is 1.76. The molecule has 0 aliphatic rings. The molecule has 2 aromatic rings. The van der Waals surface area contributed by atoms with Crippen molar-refractivity contribution in [3.05, 3.63) is 41.2 Å². The van der Waals surface area contributed by atoms with Gasteiger partial charge < -0.3 is 9.52 Å². The standard InChI is InChI=1S/C13H15NO5S2/c1-9(4-5-11-3-2-6-19-11)14-21(17,18)12-7-10(8-20-12)13(15)16/h2-3,6-9,14H,4-5H2,1H3,(H,15,16)/t9-/m0/s1. The van der Waals surface area contributed by atoms with E-state index in [4.69, 9.17) is 9.52 Å². The van der Waals surface area contributed by atoms with Crippen molar-refractivity contribution >= 4 is 27.3 Å². The molecule has 0 aliphatic heterocycles. The minimum absolute atomic E-state index is 0.00440. The van der Waals surface area contributed by atoms with E-state index in [1.807, 2.05) is 6.07 Å². The van der Waals surface area contributed by atoms with Gasteiger partial charge in [-0.2, -0.15) is 0 Å². The highest BCUT2D eigenvalue weighted by atomic mass is 32.2. The number of carbonyl (C=O) groups is 1. The molecule has 0 saturated heterocycles. The maximum absolute atomic E-state index is 12.1. The SMILES string of the molecule is C[C@@H](CCc1ccco1)NS(=O)(=O)c1cc(C(=O)O)cs1. The smallest absolute Gasteiger partial charge is 0.336 e. The van der Waals surface area contributed by atoms with Crippen molar-refractivity contribution in [2.45, 2.75) is 30.0 Å². The molecule has 1 atom stereocenters. The lowest BCUT2D eigenvalue weighted by molar-refractivity contribution is 0.0697. The topological polar surface area (TPSA) is 96.6 Å². The highest BCUT2D eigenvalue weighted by molar-refractivity contribution is 7.91. The van der Waals surface area contributed by atoms with E-state index in [0.717, 1.165) is 23.2 Å². The van der Waals surface area contributed by atoms with Gasteiger partial charge in [-0.05, 0) is 31.5 Å². The predicted octanol–water partition coefficient (Wildman–Crippen LogP) is 2.34. The van der Waals surface area contributed by atoms with Gasteiger partial charge in [-0.25, -0.2) is 17.9 Å². The number of carboxylic acid groups (broad SMARTS) is 1. The van der Waals surface area contributed by atoms with Crippen molar-refractivity contribution in [2.24, 2.45) is 0 Å². The number of nitrogens with one attached hydrogen (secondary N) is 1. The molecular weight excluding hydrogens is 314 g/mol. The number of carboxylic acids is 1. The molecule has 0 radical (unpaired) electrons. The summed E-state index contributed by atoms with van der Waals surface area (Å²) in [5, 5.41) is 10.1. The van der Waals surface area contributed by atoms with Crippen molar-refractivity contribution in [3.63, 3.8) is 0 Å². The monoisotopic (exact) mass is 329 g/mol. The van der Waals surface area contributed by atoms with Crippen molar-refractivity contribution in [2.75, 3.05) is 0 Å². The quantitative estimate of drug-likeness (QED) is 0.812. The average molecular weight is 329 g/mol. The number of thiophene rings is 1. The highest BCUT2D eigenvalue weighted by Crippen LogP contribution is 2.20. The Balaban J connectivity index is 1.97. The first-order chi connectivity index (χ1) is 9.88. The summed E-state index contributed by atoms with van der Waals surface area (Å²) < 4.78 is 32.0. The van der Waals surface area contributed by atoms with E-state index in [2.05, 4.69) is 4.72 Å². The third-order valence-electron chi connectivity index (χ3n) is 2.85. The lowest BCUT2D eigenvalue weighted by Gasteiger charge is -2.12. The van der Waals surface area contributed by atoms with Gasteiger partial charge in [0.05, 0.1) is 11.8 Å². The Morgan fingerprint density at radius 1 is 1.52 bits per heavy atom. The van der Waals surface area contributed by atoms with Crippen molar-refractivity contribution in [1.29, 1.82) is 0 Å². The Bertz CT molecular complexity index is 703. The molecule has 2 rings (SSSR count). The molecule has 0 fully saturated rings. The molecule has 0 aromatic carbocycles. The Kier molecular flexibility index (Phi) is 4.81. The van der Waals surface area contributed by atoms with E-state index in [1.54, 1.807) is 19.3 Å². The molecule has 0 unspecified atom stereocenters. The minimum atomic E-state index is -3.69. The van der Waals surface area contributed by atoms with Crippen LogP contribution in [0.4, 0.5) is 0 Å². The number of hydrogen-bond acceptors (Lipinski definition) is 5. The molecule has 0 bridgehead atoms. The Morgan fingerprint density at radius 2 is 2.29 bits per heavy atom. The van der Waals surface area contributed by atoms with Crippen LogP contribution in [0, 0.1) is 0 Å². The van der Waals surface area contributed by atoms with Crippen LogP contribution in [-0.2, 0) is 16.4 Å². The second-order valence-corrected chi connectivity index (χ2v) is 7.45. The maximum atomic E-state index is 12.1. The van der Waals surface area contributed by atoms with Crippen LogP contribution in [0.1, 0.15) is 29.5 Å². The van der Waals surface area contributed by atoms with Crippen LogP contribution >= 0.6 is 11.3 Å². The Labute approximate surface area is 126 Å². The first-order valence-electron chi connectivity index (χ1n) is 6.25. The van der Waals surface area contributed by atoms with Gasteiger partial charge in [0.15, 0.2) is 0 Å². The van der Waals surface area contributed by atoms with Gasteiger partial charge in [0.2, 0.25) is 10.0 Å². The molecule has 0 spiro atoms. The number of furan rings is 1.